The van der Waals surface area contributed by atoms with Gasteiger partial charge in [0.15, 0.2) is 11.5 Å². The number of carbonyl (C=O) groups is 1. The minimum absolute atomic E-state index is 0.0195. The van der Waals surface area contributed by atoms with E-state index in [0.29, 0.717) is 32.5 Å². The van der Waals surface area contributed by atoms with Crippen LogP contribution in [0.15, 0.2) is 66.6 Å². The zero-order valence-electron chi connectivity index (χ0n) is 18.1. The van der Waals surface area contributed by atoms with E-state index in [1.807, 2.05) is 4.90 Å². The molecule has 0 radical (unpaired) electrons. The number of hydrogen-bond donors (Lipinski definition) is 0. The van der Waals surface area contributed by atoms with Crippen molar-refractivity contribution in [3.05, 3.63) is 83.3 Å². The van der Waals surface area contributed by atoms with E-state index in [4.69, 9.17) is 9.47 Å². The van der Waals surface area contributed by atoms with Crippen LogP contribution in [0.4, 0.5) is 0 Å². The summed E-state index contributed by atoms with van der Waals surface area (Å²) < 4.78 is 12.8. The van der Waals surface area contributed by atoms with E-state index in [1.54, 1.807) is 17.4 Å². The number of hydrogen-bond acceptors (Lipinski definition) is 4. The molecule has 2 aromatic carbocycles. The van der Waals surface area contributed by atoms with Crippen molar-refractivity contribution >= 4 is 17.2 Å². The van der Waals surface area contributed by atoms with Crippen LogP contribution in [0.1, 0.15) is 42.1 Å². The second-order valence-electron chi connectivity index (χ2n) is 8.28. The maximum atomic E-state index is 12.7. The van der Waals surface area contributed by atoms with Crippen LogP contribution in [-0.4, -0.2) is 24.0 Å². The third kappa shape index (κ3) is 4.17. The third-order valence-corrected chi connectivity index (χ3v) is 7.09. The van der Waals surface area contributed by atoms with Gasteiger partial charge in [0.05, 0.1) is 6.54 Å². The maximum Gasteiger partial charge on any atom is 0.223 e. The van der Waals surface area contributed by atoms with Gasteiger partial charge in [-0.3, -0.25) is 4.79 Å². The summed E-state index contributed by atoms with van der Waals surface area (Å²) in [7, 11) is 0. The Morgan fingerprint density at radius 2 is 2.12 bits per heavy atom. The highest BCUT2D eigenvalue weighted by Gasteiger charge is 2.28. The molecule has 0 saturated heterocycles. The number of thiophene rings is 1. The standard InChI is InChI=1S/C27H27NO3S/c1-2-3-10-26(29)28-13-14-30-27-21(18-28)16-20(25-9-6-15-32-25)17-24(27)31-23-12-11-19-7-4-5-8-22(19)23/h2,4-9,15-17,23H,1,3,10-14,18H2/t23-/m1/s1. The first-order valence-electron chi connectivity index (χ1n) is 11.2. The van der Waals surface area contributed by atoms with Gasteiger partial charge in [0.1, 0.15) is 12.7 Å². The highest BCUT2D eigenvalue weighted by molar-refractivity contribution is 7.13. The molecule has 0 unspecified atom stereocenters. The number of rotatable bonds is 6. The molecule has 1 aromatic heterocycles. The zero-order valence-corrected chi connectivity index (χ0v) is 18.9. The minimum atomic E-state index is 0.0195. The molecule has 32 heavy (non-hydrogen) atoms. The molecule has 4 nitrogen and oxygen atoms in total. The number of carbonyl (C=O) groups excluding carboxylic acids is 1. The van der Waals surface area contributed by atoms with E-state index in [9.17, 15) is 4.79 Å². The van der Waals surface area contributed by atoms with Gasteiger partial charge in [-0.2, -0.15) is 0 Å². The van der Waals surface area contributed by atoms with Gasteiger partial charge in [0, 0.05) is 23.4 Å². The highest BCUT2D eigenvalue weighted by atomic mass is 32.1. The number of nitrogens with zero attached hydrogens (tertiary/aromatic N) is 1. The quantitative estimate of drug-likeness (QED) is 0.426. The van der Waals surface area contributed by atoms with E-state index in [0.717, 1.165) is 35.5 Å². The van der Waals surface area contributed by atoms with Crippen LogP contribution in [0.2, 0.25) is 0 Å². The molecule has 1 aliphatic carbocycles. The van der Waals surface area contributed by atoms with Crippen molar-refractivity contribution in [3.63, 3.8) is 0 Å². The predicted molar refractivity (Wildman–Crippen MR) is 128 cm³/mol. The third-order valence-electron chi connectivity index (χ3n) is 6.17. The van der Waals surface area contributed by atoms with Crippen LogP contribution in [0.3, 0.4) is 0 Å². The molecule has 2 aliphatic rings. The molecule has 0 N–H and O–H groups in total. The molecule has 1 aliphatic heterocycles. The lowest BCUT2D eigenvalue weighted by molar-refractivity contribution is -0.131. The van der Waals surface area contributed by atoms with Crippen LogP contribution in [0.25, 0.3) is 10.4 Å². The molecular formula is C27H27NO3S. The van der Waals surface area contributed by atoms with Gasteiger partial charge in [-0.1, -0.05) is 36.4 Å². The lowest BCUT2D eigenvalue weighted by Crippen LogP contribution is -2.32. The van der Waals surface area contributed by atoms with E-state index in [1.165, 1.54) is 16.0 Å². The van der Waals surface area contributed by atoms with Gasteiger partial charge in [-0.05, 0) is 59.5 Å². The average molecular weight is 446 g/mol. The molecule has 0 spiro atoms. The topological polar surface area (TPSA) is 38.8 Å². The van der Waals surface area contributed by atoms with Crippen molar-refractivity contribution < 1.29 is 14.3 Å². The Kier molecular flexibility index (Phi) is 5.99. The largest absolute Gasteiger partial charge is 0.487 e. The molecule has 0 saturated carbocycles. The predicted octanol–water partition coefficient (Wildman–Crippen LogP) is 6.17. The molecule has 5 rings (SSSR count). The van der Waals surface area contributed by atoms with Gasteiger partial charge in [0.2, 0.25) is 5.91 Å². The second-order valence-corrected chi connectivity index (χ2v) is 9.22. The number of aryl methyl sites for hydroxylation is 1. The summed E-state index contributed by atoms with van der Waals surface area (Å²) in [4.78, 5) is 15.8. The van der Waals surface area contributed by atoms with Gasteiger partial charge >= 0.3 is 0 Å². The Balaban J connectivity index is 1.50. The Morgan fingerprint density at radius 1 is 1.22 bits per heavy atom. The SMILES string of the molecule is C=CCCC(=O)N1CCOc2c(cc(-c3cccs3)cc2O[C@@H]2CCc3ccccc32)C1. The van der Waals surface area contributed by atoms with Crippen LogP contribution in [0, 0.1) is 0 Å². The van der Waals surface area contributed by atoms with Crippen molar-refractivity contribution in [2.24, 2.45) is 0 Å². The van der Waals surface area contributed by atoms with Crippen LogP contribution in [0.5, 0.6) is 11.5 Å². The molecule has 1 atom stereocenters. The van der Waals surface area contributed by atoms with Crippen molar-refractivity contribution in [3.8, 4) is 21.9 Å². The Bertz CT molecular complexity index is 1120. The maximum absolute atomic E-state index is 12.7. The van der Waals surface area contributed by atoms with Gasteiger partial charge in [-0.25, -0.2) is 0 Å². The minimum Gasteiger partial charge on any atom is -0.487 e. The Morgan fingerprint density at radius 3 is 2.97 bits per heavy atom. The van der Waals surface area contributed by atoms with Crippen LogP contribution in [-0.2, 0) is 17.8 Å². The van der Waals surface area contributed by atoms with Gasteiger partial charge in [-0.15, -0.1) is 17.9 Å². The van der Waals surface area contributed by atoms with Crippen molar-refractivity contribution in [2.45, 2.75) is 38.3 Å². The molecular weight excluding hydrogens is 418 g/mol. The Hall–Kier alpha value is -3.05. The van der Waals surface area contributed by atoms with Gasteiger partial charge < -0.3 is 14.4 Å². The summed E-state index contributed by atoms with van der Waals surface area (Å²) in [6, 6.07) is 16.9. The summed E-state index contributed by atoms with van der Waals surface area (Å²) in [6.07, 6.45) is 4.97. The first-order valence-corrected chi connectivity index (χ1v) is 12.1. The molecule has 5 heteroatoms. The fourth-order valence-electron chi connectivity index (χ4n) is 4.55. The average Bonchev–Trinajstić information content (AvgIpc) is 3.43. The van der Waals surface area contributed by atoms with E-state index >= 15 is 0 Å². The summed E-state index contributed by atoms with van der Waals surface area (Å²) >= 11 is 1.70. The van der Waals surface area contributed by atoms with E-state index in [-0.39, 0.29) is 12.0 Å². The summed E-state index contributed by atoms with van der Waals surface area (Å²) in [5.74, 6) is 1.68. The lowest BCUT2D eigenvalue weighted by atomic mass is 10.1. The highest BCUT2D eigenvalue weighted by Crippen LogP contribution is 2.43. The first kappa shape index (κ1) is 20.8. The van der Waals surface area contributed by atoms with Crippen LogP contribution >= 0.6 is 11.3 Å². The molecule has 0 fully saturated rings. The first-order chi connectivity index (χ1) is 15.7. The number of benzene rings is 2. The monoisotopic (exact) mass is 445 g/mol. The van der Waals surface area contributed by atoms with Crippen molar-refractivity contribution in [2.75, 3.05) is 13.2 Å². The van der Waals surface area contributed by atoms with Gasteiger partial charge in [0.25, 0.3) is 0 Å². The number of fused-ring (bicyclic) bond motifs is 2. The molecule has 1 amide bonds. The Labute approximate surface area is 193 Å². The summed E-state index contributed by atoms with van der Waals surface area (Å²) in [5, 5.41) is 2.08. The smallest absolute Gasteiger partial charge is 0.223 e. The summed E-state index contributed by atoms with van der Waals surface area (Å²) in [5.41, 5.74) is 4.72. The van der Waals surface area contributed by atoms with Crippen LogP contribution < -0.4 is 9.47 Å². The second kappa shape index (κ2) is 9.21. The fraction of sp³-hybridized carbons (Fsp3) is 0.296. The molecule has 2 heterocycles. The molecule has 0 bridgehead atoms. The number of ether oxygens (including phenoxy) is 2. The molecule has 3 aromatic rings. The van der Waals surface area contributed by atoms with Crippen molar-refractivity contribution in [1.82, 2.24) is 4.90 Å². The molecule has 164 valence electrons. The van der Waals surface area contributed by atoms with Crippen molar-refractivity contribution in [1.29, 1.82) is 0 Å². The lowest BCUT2D eigenvalue weighted by Gasteiger charge is -2.21. The fourth-order valence-corrected chi connectivity index (χ4v) is 5.26. The zero-order chi connectivity index (χ0) is 21.9. The normalized spacial score (nSPS) is 17.1. The number of allylic oxidation sites excluding steroid dienone is 1. The number of amides is 1. The van der Waals surface area contributed by atoms with E-state index in [2.05, 4.69) is 60.5 Å². The van der Waals surface area contributed by atoms with E-state index < -0.39 is 0 Å². The summed E-state index contributed by atoms with van der Waals surface area (Å²) in [6.45, 7) is 5.30.